The number of rotatable bonds is 2. The van der Waals surface area contributed by atoms with E-state index in [-0.39, 0.29) is 12.4 Å². The van der Waals surface area contributed by atoms with Crippen molar-refractivity contribution in [1.29, 1.82) is 0 Å². The zero-order valence-electron chi connectivity index (χ0n) is 6.92. The van der Waals surface area contributed by atoms with E-state index in [1.54, 1.807) is 6.08 Å². The molecule has 0 bridgehead atoms. The molecule has 0 unspecified atom stereocenters. The summed E-state index contributed by atoms with van der Waals surface area (Å²) in [5.74, 6) is 0.195. The number of hydrogen-bond acceptors (Lipinski definition) is 3. The number of aliphatic hydroxyl groups is 1. The Morgan fingerprint density at radius 3 is 3.08 bits per heavy atom. The predicted octanol–water partition coefficient (Wildman–Crippen LogP) is -0.377. The number of allylic oxidation sites excluding steroid dienone is 1. The van der Waals surface area contributed by atoms with Crippen LogP contribution in [0.4, 0.5) is 4.79 Å². The Bertz CT molecular complexity index is 326. The third kappa shape index (κ3) is 2.64. The Labute approximate surface area is 75.2 Å². The van der Waals surface area contributed by atoms with Gasteiger partial charge < -0.3 is 10.8 Å². The van der Waals surface area contributed by atoms with E-state index in [1.807, 2.05) is 0 Å². The number of amides is 2. The number of carbonyl (C=O) groups excluding carboxylic acids is 1. The monoisotopic (exact) mass is 180 g/mol. The zero-order chi connectivity index (χ0) is 9.68. The van der Waals surface area contributed by atoms with Gasteiger partial charge in [0, 0.05) is 11.1 Å². The minimum atomic E-state index is -0.442. The number of carbonyl (C=O) groups is 1. The maximum absolute atomic E-state index is 11.1. The van der Waals surface area contributed by atoms with Crippen LogP contribution in [0.2, 0.25) is 0 Å². The van der Waals surface area contributed by atoms with Gasteiger partial charge in [-0.2, -0.15) is 9.37 Å². The molecule has 0 spiro atoms. The van der Waals surface area contributed by atoms with Crippen LogP contribution < -0.4 is 5.73 Å². The van der Waals surface area contributed by atoms with Crippen LogP contribution in [-0.4, -0.2) is 34.4 Å². The predicted molar refractivity (Wildman–Crippen MR) is 48.7 cm³/mol. The highest BCUT2D eigenvalue weighted by Crippen LogP contribution is 1.93. The molecule has 68 valence electrons. The van der Waals surface area contributed by atoms with Crippen LogP contribution in [-0.2, 0) is 0 Å². The summed E-state index contributed by atoms with van der Waals surface area (Å²) in [4.78, 5) is 14.6. The normalized spacial score (nSPS) is 19.9. The summed E-state index contributed by atoms with van der Waals surface area (Å²) in [7, 11) is 0. The van der Waals surface area contributed by atoms with Crippen LogP contribution in [0.15, 0.2) is 29.4 Å². The lowest BCUT2D eigenvalue weighted by atomic mass is 10.5. The van der Waals surface area contributed by atoms with E-state index >= 15 is 0 Å². The zero-order valence-corrected chi connectivity index (χ0v) is 6.92. The summed E-state index contributed by atoms with van der Waals surface area (Å²) in [6, 6.07) is -0.442. The van der Waals surface area contributed by atoms with Gasteiger partial charge >= 0.3 is 6.03 Å². The van der Waals surface area contributed by atoms with Gasteiger partial charge in [0.05, 0.1) is 12.8 Å². The van der Waals surface area contributed by atoms with Crippen molar-refractivity contribution in [2.75, 3.05) is 6.61 Å². The third-order valence-corrected chi connectivity index (χ3v) is 1.34. The number of nitrogens with two attached hydrogens (primary N) is 1. The van der Waals surface area contributed by atoms with E-state index in [0.717, 1.165) is 0 Å². The Morgan fingerprint density at radius 1 is 1.69 bits per heavy atom. The Hall–Kier alpha value is -1.75. The lowest BCUT2D eigenvalue weighted by molar-refractivity contribution is -0.341. The summed E-state index contributed by atoms with van der Waals surface area (Å²) in [6.07, 6.45) is 7.57. The van der Waals surface area contributed by atoms with E-state index < -0.39 is 6.03 Å². The number of hydrogen-bond donors (Lipinski definition) is 2. The van der Waals surface area contributed by atoms with Crippen molar-refractivity contribution in [2.45, 2.75) is 0 Å². The van der Waals surface area contributed by atoms with Gasteiger partial charge in [-0.05, 0) is 6.08 Å². The smallest absolute Gasteiger partial charge is 0.392 e. The average Bonchev–Trinajstić information content (AvgIpc) is 2.09. The molecule has 2 amide bonds. The van der Waals surface area contributed by atoms with Gasteiger partial charge in [-0.1, -0.05) is 6.08 Å². The Kier molecular flexibility index (Phi) is 3.10. The number of aliphatic hydroxyl groups excluding tert-OH is 1. The maximum atomic E-state index is 11.1. The topological polar surface area (TPSA) is 78.7 Å². The van der Waals surface area contributed by atoms with Gasteiger partial charge in [0.1, 0.15) is 6.20 Å². The first-order valence-corrected chi connectivity index (χ1v) is 3.69. The summed E-state index contributed by atoms with van der Waals surface area (Å²) in [5.41, 5.74) is 5.29. The van der Waals surface area contributed by atoms with E-state index in [2.05, 4.69) is 4.99 Å². The third-order valence-electron chi connectivity index (χ3n) is 1.34. The fourth-order valence-corrected chi connectivity index (χ4v) is 0.754. The van der Waals surface area contributed by atoms with Gasteiger partial charge in [0.15, 0.2) is 0 Å². The van der Waals surface area contributed by atoms with Crippen LogP contribution >= 0.6 is 0 Å². The lowest BCUT2D eigenvalue weighted by Crippen LogP contribution is -2.22. The second-order valence-corrected chi connectivity index (χ2v) is 2.30. The highest BCUT2D eigenvalue weighted by atomic mass is 16.2. The van der Waals surface area contributed by atoms with Crippen molar-refractivity contribution < 1.29 is 14.5 Å². The van der Waals surface area contributed by atoms with Crippen LogP contribution in [0.1, 0.15) is 0 Å². The number of aliphatic imine (C=N–C) groups is 1. The van der Waals surface area contributed by atoms with Crippen LogP contribution in [0, 0.1) is 0 Å². The summed E-state index contributed by atoms with van der Waals surface area (Å²) < 4.78 is 1.27. The van der Waals surface area contributed by atoms with Crippen molar-refractivity contribution in [3.63, 3.8) is 0 Å². The van der Waals surface area contributed by atoms with Crippen LogP contribution in [0.5, 0.6) is 0 Å². The molecule has 0 aromatic carbocycles. The second kappa shape index (κ2) is 4.32. The molecule has 13 heavy (non-hydrogen) atoms. The van der Waals surface area contributed by atoms with E-state index in [9.17, 15) is 4.79 Å². The molecule has 0 aromatic heterocycles. The van der Waals surface area contributed by atoms with Gasteiger partial charge in [-0.25, -0.2) is 0 Å². The summed E-state index contributed by atoms with van der Waals surface area (Å²) >= 11 is 0. The first-order chi connectivity index (χ1) is 6.24. The molecule has 1 rings (SSSR count). The molecule has 1 aliphatic rings. The molecule has 5 nitrogen and oxygen atoms in total. The van der Waals surface area contributed by atoms with E-state index in [4.69, 9.17) is 10.8 Å². The SMILES string of the molecule is NC1=NC(=O)/[N+](=C/C=CCO)C=C1. The molecular weight excluding hydrogens is 170 g/mol. The Morgan fingerprint density at radius 2 is 2.46 bits per heavy atom. The van der Waals surface area contributed by atoms with Gasteiger partial charge in [0.25, 0.3) is 0 Å². The molecule has 0 fully saturated rings. The molecule has 0 atom stereocenters. The first kappa shape index (κ1) is 9.34. The molecule has 0 saturated carbocycles. The van der Waals surface area contributed by atoms with E-state index in [0.29, 0.717) is 0 Å². The molecule has 0 radical (unpaired) electrons. The fourth-order valence-electron chi connectivity index (χ4n) is 0.754. The average molecular weight is 180 g/mol. The minimum absolute atomic E-state index is 0.0619. The van der Waals surface area contributed by atoms with Crippen molar-refractivity contribution in [3.05, 3.63) is 24.4 Å². The van der Waals surface area contributed by atoms with Crippen molar-refractivity contribution in [2.24, 2.45) is 10.7 Å². The highest BCUT2D eigenvalue weighted by molar-refractivity contribution is 6.00. The van der Waals surface area contributed by atoms with Crippen LogP contribution in [0.25, 0.3) is 0 Å². The van der Waals surface area contributed by atoms with Crippen molar-refractivity contribution >= 4 is 18.1 Å². The molecule has 0 saturated heterocycles. The molecular formula is C8H10N3O2+. The van der Waals surface area contributed by atoms with Gasteiger partial charge in [0.2, 0.25) is 5.84 Å². The highest BCUT2D eigenvalue weighted by Gasteiger charge is 2.18. The second-order valence-electron chi connectivity index (χ2n) is 2.30. The molecule has 5 heteroatoms. The standard InChI is InChI=1S/C8H9N3O2/c9-7-3-5-11(8(13)10-7)4-1-2-6-12/h1-5,12H,6H2,(H-,9,10,13)/p+1/b2-1?,11-4+. The first-order valence-electron chi connectivity index (χ1n) is 3.69. The lowest BCUT2D eigenvalue weighted by Gasteiger charge is -1.94. The van der Waals surface area contributed by atoms with Crippen molar-refractivity contribution in [1.82, 2.24) is 0 Å². The maximum Gasteiger partial charge on any atom is 0.546 e. The summed E-state index contributed by atoms with van der Waals surface area (Å²) in [5, 5.41) is 8.43. The quantitative estimate of drug-likeness (QED) is 0.569. The Balaban J connectivity index is 2.75. The molecule has 1 aliphatic heterocycles. The van der Waals surface area contributed by atoms with E-state index in [1.165, 1.54) is 29.1 Å². The number of urea groups is 1. The van der Waals surface area contributed by atoms with Gasteiger partial charge in [-0.15, -0.1) is 0 Å². The van der Waals surface area contributed by atoms with Crippen molar-refractivity contribution in [3.8, 4) is 0 Å². The molecule has 3 N–H and O–H groups in total. The molecule has 1 heterocycles. The fraction of sp³-hybridized carbons (Fsp3) is 0.125. The van der Waals surface area contributed by atoms with Gasteiger partial charge in [-0.3, -0.25) is 0 Å². The summed E-state index contributed by atoms with van der Waals surface area (Å²) in [6.45, 7) is -0.0619. The largest absolute Gasteiger partial charge is 0.546 e. The molecule has 0 aromatic rings. The number of amidine groups is 1. The van der Waals surface area contributed by atoms with Crippen LogP contribution in [0.3, 0.4) is 0 Å². The minimum Gasteiger partial charge on any atom is -0.392 e. The molecule has 0 aliphatic carbocycles. The number of nitrogens with zero attached hydrogens (tertiary/aromatic N) is 2.